The van der Waals surface area contributed by atoms with E-state index in [1.54, 1.807) is 0 Å². The third-order valence-electron chi connectivity index (χ3n) is 3.99. The number of hydrogen-bond acceptors (Lipinski definition) is 3. The lowest BCUT2D eigenvalue weighted by atomic mass is 9.99. The Kier molecular flexibility index (Phi) is 5.19. The minimum Gasteiger partial charge on any atom is -0.390 e. The summed E-state index contributed by atoms with van der Waals surface area (Å²) in [5, 5.41) is 9.79. The molecule has 0 bridgehead atoms. The van der Waals surface area contributed by atoms with E-state index in [4.69, 9.17) is 4.74 Å². The van der Waals surface area contributed by atoms with E-state index in [2.05, 4.69) is 36.1 Å². The zero-order chi connectivity index (χ0) is 14.6. The molecule has 20 heavy (non-hydrogen) atoms. The topological polar surface area (TPSA) is 32.7 Å². The highest BCUT2D eigenvalue weighted by Gasteiger charge is 2.30. The second-order valence-electron chi connectivity index (χ2n) is 6.43. The first-order valence-corrected chi connectivity index (χ1v) is 7.62. The molecule has 0 saturated carbocycles. The van der Waals surface area contributed by atoms with Crippen LogP contribution in [0, 0.1) is 0 Å². The van der Waals surface area contributed by atoms with E-state index in [0.717, 1.165) is 32.4 Å². The van der Waals surface area contributed by atoms with Gasteiger partial charge in [0.25, 0.3) is 0 Å². The molecule has 0 aromatic heterocycles. The Morgan fingerprint density at radius 3 is 2.70 bits per heavy atom. The average Bonchev–Trinajstić information content (AvgIpc) is 2.87. The molecule has 0 spiro atoms. The highest BCUT2D eigenvalue weighted by molar-refractivity contribution is 5.18. The monoisotopic (exact) mass is 277 g/mol. The maximum atomic E-state index is 9.79. The molecule has 1 aliphatic heterocycles. The van der Waals surface area contributed by atoms with Gasteiger partial charge in [-0.1, -0.05) is 30.3 Å². The lowest BCUT2D eigenvalue weighted by molar-refractivity contribution is 0.00990. The summed E-state index contributed by atoms with van der Waals surface area (Å²) >= 11 is 0. The van der Waals surface area contributed by atoms with Gasteiger partial charge in [0.2, 0.25) is 0 Å². The summed E-state index contributed by atoms with van der Waals surface area (Å²) in [7, 11) is 0. The largest absolute Gasteiger partial charge is 0.390 e. The van der Waals surface area contributed by atoms with E-state index in [-0.39, 0.29) is 6.23 Å². The third kappa shape index (κ3) is 4.30. The predicted molar refractivity (Wildman–Crippen MR) is 81.5 cm³/mol. The van der Waals surface area contributed by atoms with E-state index >= 15 is 0 Å². The highest BCUT2D eigenvalue weighted by Crippen LogP contribution is 2.30. The number of nitrogens with zero attached hydrogens (tertiary/aromatic N) is 1. The van der Waals surface area contributed by atoms with Crippen molar-refractivity contribution in [1.82, 2.24) is 4.90 Å². The normalized spacial score (nSPS) is 22.1. The van der Waals surface area contributed by atoms with Crippen LogP contribution in [0.5, 0.6) is 0 Å². The molecule has 1 N–H and O–H groups in total. The standard InChI is InChI=1S/C17H27NO2/c1-14(8-7-11-17(2,3)19)18-12-13-20-16(18)15-9-5-4-6-10-15/h4-6,9-10,14,16,19H,7-8,11-13H2,1-3H3. The Morgan fingerprint density at radius 1 is 1.35 bits per heavy atom. The van der Waals surface area contributed by atoms with Crippen LogP contribution in [-0.4, -0.2) is 34.8 Å². The second kappa shape index (κ2) is 6.70. The van der Waals surface area contributed by atoms with Gasteiger partial charge >= 0.3 is 0 Å². The van der Waals surface area contributed by atoms with E-state index in [1.807, 2.05) is 19.9 Å². The third-order valence-corrected chi connectivity index (χ3v) is 3.99. The first-order valence-electron chi connectivity index (χ1n) is 7.62. The van der Waals surface area contributed by atoms with Crippen molar-refractivity contribution < 1.29 is 9.84 Å². The second-order valence-corrected chi connectivity index (χ2v) is 6.43. The summed E-state index contributed by atoms with van der Waals surface area (Å²) < 4.78 is 5.90. The Labute approximate surface area is 122 Å². The Bertz CT molecular complexity index is 399. The van der Waals surface area contributed by atoms with Crippen molar-refractivity contribution in [2.45, 2.75) is 57.9 Å². The lowest BCUT2D eigenvalue weighted by Crippen LogP contribution is -2.33. The molecule has 0 aliphatic carbocycles. The fraction of sp³-hybridized carbons (Fsp3) is 0.647. The number of aliphatic hydroxyl groups is 1. The van der Waals surface area contributed by atoms with E-state index < -0.39 is 5.60 Å². The van der Waals surface area contributed by atoms with Crippen molar-refractivity contribution >= 4 is 0 Å². The minimum absolute atomic E-state index is 0.0911. The minimum atomic E-state index is -0.555. The number of benzene rings is 1. The van der Waals surface area contributed by atoms with Gasteiger partial charge in [-0.3, -0.25) is 4.90 Å². The van der Waals surface area contributed by atoms with Crippen molar-refractivity contribution in [3.63, 3.8) is 0 Å². The van der Waals surface area contributed by atoms with Gasteiger partial charge < -0.3 is 9.84 Å². The SMILES string of the molecule is CC(CCCC(C)(C)O)N1CCOC1c1ccccc1. The molecule has 1 fully saturated rings. The van der Waals surface area contributed by atoms with Gasteiger partial charge in [-0.2, -0.15) is 0 Å². The van der Waals surface area contributed by atoms with Gasteiger partial charge in [0.05, 0.1) is 12.2 Å². The van der Waals surface area contributed by atoms with Gasteiger partial charge in [-0.15, -0.1) is 0 Å². The molecule has 0 amide bonds. The van der Waals surface area contributed by atoms with Gasteiger partial charge in [0.15, 0.2) is 0 Å². The smallest absolute Gasteiger partial charge is 0.137 e. The van der Waals surface area contributed by atoms with Crippen LogP contribution in [-0.2, 0) is 4.74 Å². The summed E-state index contributed by atoms with van der Waals surface area (Å²) in [5.74, 6) is 0. The maximum Gasteiger partial charge on any atom is 0.137 e. The summed E-state index contributed by atoms with van der Waals surface area (Å²) in [5.41, 5.74) is 0.680. The van der Waals surface area contributed by atoms with Crippen LogP contribution in [0.2, 0.25) is 0 Å². The molecule has 1 aliphatic rings. The van der Waals surface area contributed by atoms with Crippen molar-refractivity contribution in [2.24, 2.45) is 0 Å². The van der Waals surface area contributed by atoms with Crippen LogP contribution in [0.3, 0.4) is 0 Å². The van der Waals surface area contributed by atoms with Crippen molar-refractivity contribution in [3.05, 3.63) is 35.9 Å². The number of rotatable bonds is 6. The number of hydrogen-bond donors (Lipinski definition) is 1. The summed E-state index contributed by atoms with van der Waals surface area (Å²) in [6, 6.07) is 10.9. The Hall–Kier alpha value is -0.900. The Balaban J connectivity index is 1.90. The van der Waals surface area contributed by atoms with Crippen molar-refractivity contribution in [2.75, 3.05) is 13.2 Å². The van der Waals surface area contributed by atoms with Crippen LogP contribution in [0.1, 0.15) is 51.8 Å². The van der Waals surface area contributed by atoms with Crippen molar-refractivity contribution in [3.8, 4) is 0 Å². The van der Waals surface area contributed by atoms with Gasteiger partial charge in [-0.05, 0) is 45.6 Å². The van der Waals surface area contributed by atoms with Gasteiger partial charge in [0.1, 0.15) is 6.23 Å². The summed E-state index contributed by atoms with van der Waals surface area (Å²) in [4.78, 5) is 2.43. The molecule has 2 atom stereocenters. The first-order chi connectivity index (χ1) is 9.47. The van der Waals surface area contributed by atoms with Crippen LogP contribution in [0.15, 0.2) is 30.3 Å². The molecule has 1 heterocycles. The molecule has 2 rings (SSSR count). The zero-order valence-electron chi connectivity index (χ0n) is 12.9. The lowest BCUT2D eigenvalue weighted by Gasteiger charge is -2.30. The van der Waals surface area contributed by atoms with Gasteiger partial charge in [-0.25, -0.2) is 0 Å². The molecule has 2 unspecified atom stereocenters. The molecule has 1 aromatic rings. The predicted octanol–water partition coefficient (Wildman–Crippen LogP) is 3.35. The zero-order valence-corrected chi connectivity index (χ0v) is 12.9. The summed E-state index contributed by atoms with van der Waals surface area (Å²) in [6.07, 6.45) is 3.08. The molecule has 1 saturated heterocycles. The average molecular weight is 277 g/mol. The quantitative estimate of drug-likeness (QED) is 0.865. The van der Waals surface area contributed by atoms with E-state index in [0.29, 0.717) is 6.04 Å². The van der Waals surface area contributed by atoms with Crippen LogP contribution in [0.25, 0.3) is 0 Å². The van der Waals surface area contributed by atoms with E-state index in [1.165, 1.54) is 5.56 Å². The van der Waals surface area contributed by atoms with Crippen LogP contribution in [0.4, 0.5) is 0 Å². The Morgan fingerprint density at radius 2 is 2.05 bits per heavy atom. The molecule has 1 aromatic carbocycles. The van der Waals surface area contributed by atoms with Crippen LogP contribution < -0.4 is 0 Å². The molecule has 3 nitrogen and oxygen atoms in total. The molecular weight excluding hydrogens is 250 g/mol. The summed E-state index contributed by atoms with van der Waals surface area (Å²) in [6.45, 7) is 7.81. The number of ether oxygens (including phenoxy) is 1. The molecular formula is C17H27NO2. The fourth-order valence-electron chi connectivity index (χ4n) is 2.84. The van der Waals surface area contributed by atoms with Crippen molar-refractivity contribution in [1.29, 1.82) is 0 Å². The molecule has 112 valence electrons. The molecule has 3 heteroatoms. The van der Waals surface area contributed by atoms with Gasteiger partial charge in [0, 0.05) is 12.6 Å². The first kappa shape index (κ1) is 15.5. The maximum absolute atomic E-state index is 9.79. The van der Waals surface area contributed by atoms with Crippen LogP contribution >= 0.6 is 0 Å². The fourth-order valence-corrected chi connectivity index (χ4v) is 2.84. The van der Waals surface area contributed by atoms with E-state index in [9.17, 15) is 5.11 Å². The highest BCUT2D eigenvalue weighted by atomic mass is 16.5. The molecule has 0 radical (unpaired) electrons.